The Hall–Kier alpha value is -4.51. The maximum atomic E-state index is 14.6. The van der Waals surface area contributed by atoms with E-state index in [1.165, 1.54) is 11.0 Å². The maximum Gasteiger partial charge on any atom is 0.408 e. The van der Waals surface area contributed by atoms with Gasteiger partial charge in [0.05, 0.1) is 29.9 Å². The largest absolute Gasteiger partial charge is 0.497 e. The molecule has 5 N–H and O–H groups in total. The topological polar surface area (TPSA) is 227 Å². The molecule has 55 heavy (non-hydrogen) atoms. The van der Waals surface area contributed by atoms with E-state index in [9.17, 15) is 27.6 Å². The molecule has 0 spiro atoms. The number of alkyl carbamates (subject to hydrolysis) is 1. The summed E-state index contributed by atoms with van der Waals surface area (Å²) in [6, 6.07) is 3.20. The first-order chi connectivity index (χ1) is 25.6. The number of nitrogens with zero attached hydrogens (tertiary/aromatic N) is 3. The van der Waals surface area contributed by atoms with E-state index in [2.05, 4.69) is 21.9 Å². The first-order valence-electron chi connectivity index (χ1n) is 18.9. The van der Waals surface area contributed by atoms with Gasteiger partial charge in [0.2, 0.25) is 27.7 Å². The summed E-state index contributed by atoms with van der Waals surface area (Å²) in [5, 5.41) is 4.96. The van der Waals surface area contributed by atoms with Gasteiger partial charge < -0.3 is 35.2 Å². The highest BCUT2D eigenvalue weighted by Gasteiger charge is 2.62. The molecular formula is C38H52N6O10S. The molecule has 7 atom stereocenters. The lowest BCUT2D eigenvalue weighted by atomic mass is 9.85. The molecular weight excluding hydrogens is 733 g/mol. The number of fused-ring (bicyclic) bond motifs is 5. The molecule has 3 saturated carbocycles. The van der Waals surface area contributed by atoms with Gasteiger partial charge in [0.25, 0.3) is 5.91 Å². The summed E-state index contributed by atoms with van der Waals surface area (Å²) >= 11 is 0. The van der Waals surface area contributed by atoms with E-state index in [1.54, 1.807) is 13.2 Å². The van der Waals surface area contributed by atoms with Crippen LogP contribution in [0.3, 0.4) is 0 Å². The van der Waals surface area contributed by atoms with Crippen molar-refractivity contribution in [2.75, 3.05) is 13.7 Å². The fourth-order valence-corrected chi connectivity index (χ4v) is 9.00. The van der Waals surface area contributed by atoms with Crippen molar-refractivity contribution in [1.82, 2.24) is 30.2 Å². The molecule has 4 fully saturated rings. The minimum Gasteiger partial charge on any atom is -0.497 e. The Morgan fingerprint density at radius 3 is 2.51 bits per heavy atom. The van der Waals surface area contributed by atoms with E-state index >= 15 is 0 Å². The molecule has 7 rings (SSSR count). The number of sulfonamides is 1. The zero-order chi connectivity index (χ0) is 38.6. The van der Waals surface area contributed by atoms with E-state index < -0.39 is 74.1 Å². The molecule has 1 saturated heterocycles. The van der Waals surface area contributed by atoms with Crippen molar-refractivity contribution in [2.24, 2.45) is 17.3 Å². The fourth-order valence-electron chi connectivity index (χ4n) is 7.64. The first kappa shape index (κ1) is 40.2. The summed E-state index contributed by atoms with van der Waals surface area (Å²) in [4.78, 5) is 66.8. The average Bonchev–Trinajstić information content (AvgIpc) is 4.04. The molecule has 3 aliphatic carbocycles. The SMILES string of the molecule is C=CC1CC1(NC(=O)C1CC2CN1C(=O)C(C(C)(C)C)NC(=O)OC1CC1CCCCCc1nc3ccc(OC)cc3nc1O2)C(=O)NS(=O)(=O)C1CC1.O. The monoisotopic (exact) mass is 784 g/mol. The Morgan fingerprint density at radius 1 is 1.07 bits per heavy atom. The van der Waals surface area contributed by atoms with Gasteiger partial charge in [-0.1, -0.05) is 39.7 Å². The summed E-state index contributed by atoms with van der Waals surface area (Å²) in [5.41, 5.74) is -0.451. The van der Waals surface area contributed by atoms with Gasteiger partial charge in [-0.2, -0.15) is 0 Å². The molecule has 1 aromatic heterocycles. The summed E-state index contributed by atoms with van der Waals surface area (Å²) in [6.45, 7) is 9.18. The minimum absolute atomic E-state index is 0. The van der Waals surface area contributed by atoms with Crippen molar-refractivity contribution < 1.29 is 47.3 Å². The van der Waals surface area contributed by atoms with Crippen LogP contribution in [0.1, 0.15) is 84.3 Å². The van der Waals surface area contributed by atoms with Crippen LogP contribution in [0.5, 0.6) is 11.6 Å². The maximum absolute atomic E-state index is 14.6. The van der Waals surface area contributed by atoms with Gasteiger partial charge in [-0.25, -0.2) is 23.2 Å². The van der Waals surface area contributed by atoms with E-state index in [0.717, 1.165) is 32.1 Å². The molecule has 1 aromatic carbocycles. The van der Waals surface area contributed by atoms with Crippen LogP contribution in [-0.2, 0) is 35.6 Å². The number of nitrogens with one attached hydrogen (secondary N) is 3. The van der Waals surface area contributed by atoms with Gasteiger partial charge in [-0.3, -0.25) is 19.1 Å². The number of aromatic nitrogens is 2. The van der Waals surface area contributed by atoms with Gasteiger partial charge in [0.15, 0.2) is 0 Å². The van der Waals surface area contributed by atoms with E-state index in [0.29, 0.717) is 47.6 Å². The summed E-state index contributed by atoms with van der Waals surface area (Å²) < 4.78 is 45.3. The second kappa shape index (κ2) is 15.2. The molecule has 2 aromatic rings. The van der Waals surface area contributed by atoms with Crippen LogP contribution >= 0.6 is 0 Å². The number of methoxy groups -OCH3 is 1. The van der Waals surface area contributed by atoms with Gasteiger partial charge in [-0.05, 0) is 68.4 Å². The molecule has 0 radical (unpaired) electrons. The van der Waals surface area contributed by atoms with Gasteiger partial charge >= 0.3 is 6.09 Å². The van der Waals surface area contributed by atoms with Crippen molar-refractivity contribution in [1.29, 1.82) is 0 Å². The molecule has 16 nitrogen and oxygen atoms in total. The predicted molar refractivity (Wildman–Crippen MR) is 200 cm³/mol. The summed E-state index contributed by atoms with van der Waals surface area (Å²) in [5.74, 6) is -1.39. The number of carbonyl (C=O) groups excluding carboxylic acids is 4. The molecule has 2 aliphatic heterocycles. The van der Waals surface area contributed by atoms with Crippen LogP contribution in [0, 0.1) is 17.3 Å². The molecule has 4 amide bonds. The second-order valence-electron chi connectivity index (χ2n) is 16.5. The highest BCUT2D eigenvalue weighted by Crippen LogP contribution is 2.46. The Kier molecular flexibility index (Phi) is 11.1. The number of hydrogen-bond acceptors (Lipinski definition) is 11. The van der Waals surface area contributed by atoms with Crippen LogP contribution in [-0.4, -0.2) is 101 Å². The van der Waals surface area contributed by atoms with Crippen LogP contribution < -0.4 is 24.8 Å². The van der Waals surface area contributed by atoms with E-state index in [-0.39, 0.29) is 36.9 Å². The lowest BCUT2D eigenvalue weighted by molar-refractivity contribution is -0.142. The first-order valence-corrected chi connectivity index (χ1v) is 20.5. The number of ether oxygens (including phenoxy) is 3. The second-order valence-corrected chi connectivity index (χ2v) is 18.4. The summed E-state index contributed by atoms with van der Waals surface area (Å²) in [6.07, 6.45) is 5.93. The molecule has 3 heterocycles. The van der Waals surface area contributed by atoms with Crippen LogP contribution in [0.4, 0.5) is 4.79 Å². The van der Waals surface area contributed by atoms with Crippen molar-refractivity contribution in [3.8, 4) is 11.6 Å². The number of carbonyl (C=O) groups is 4. The van der Waals surface area contributed by atoms with E-state index in [4.69, 9.17) is 24.2 Å². The number of hydrogen-bond donors (Lipinski definition) is 3. The van der Waals surface area contributed by atoms with Crippen molar-refractivity contribution >= 4 is 44.9 Å². The Bertz CT molecular complexity index is 1970. The van der Waals surface area contributed by atoms with Crippen molar-refractivity contribution in [3.05, 3.63) is 36.5 Å². The van der Waals surface area contributed by atoms with Gasteiger partial charge in [-0.15, -0.1) is 6.58 Å². The van der Waals surface area contributed by atoms with Crippen molar-refractivity contribution in [3.63, 3.8) is 0 Å². The Labute approximate surface area is 320 Å². The predicted octanol–water partition coefficient (Wildman–Crippen LogP) is 2.48. The average molecular weight is 785 g/mol. The Balaban J connectivity index is 0.00000514. The molecule has 7 unspecified atom stereocenters. The number of rotatable bonds is 7. The smallest absolute Gasteiger partial charge is 0.408 e. The lowest BCUT2D eigenvalue weighted by Gasteiger charge is -2.35. The van der Waals surface area contributed by atoms with Crippen LogP contribution in [0.25, 0.3) is 11.0 Å². The minimum atomic E-state index is -3.90. The third-order valence-electron chi connectivity index (χ3n) is 11.3. The number of amides is 4. The Morgan fingerprint density at radius 2 is 1.84 bits per heavy atom. The molecule has 2 bridgehead atoms. The van der Waals surface area contributed by atoms with Crippen LogP contribution in [0.15, 0.2) is 30.9 Å². The van der Waals surface area contributed by atoms with Crippen molar-refractivity contribution in [2.45, 2.75) is 120 Å². The van der Waals surface area contributed by atoms with Gasteiger partial charge in [0, 0.05) is 18.4 Å². The van der Waals surface area contributed by atoms with E-state index in [1.807, 2.05) is 32.9 Å². The standard InChI is InChI=1S/C38H50N6O9S.H2O/c1-6-22-19-38(22,35(47)43-54(49,50)25-13-14-25)42-32(45)29-18-24-20-44(29)34(46)31(37(2,3)4)41-36(48)53-30-16-21(30)10-8-7-9-11-27-33(52-24)40-28-17-23(51-5)12-15-26(28)39-27;/h6,12,15,17,21-22,24-25,29-31H,1,7-11,13-14,16,18-20H2,2-5H3,(H,41,48)(H,42,45)(H,43,47);1H2. The zero-order valence-electron chi connectivity index (χ0n) is 31.8. The lowest BCUT2D eigenvalue weighted by Crippen LogP contribution is -2.60. The highest BCUT2D eigenvalue weighted by atomic mass is 32.2. The highest BCUT2D eigenvalue weighted by molar-refractivity contribution is 7.91. The fraction of sp³-hybridized carbons (Fsp3) is 0.632. The third-order valence-corrected chi connectivity index (χ3v) is 13.1. The van der Waals surface area contributed by atoms with Gasteiger partial charge in [0.1, 0.15) is 41.3 Å². The van der Waals surface area contributed by atoms with Crippen LogP contribution in [0.2, 0.25) is 0 Å². The molecule has 5 aliphatic rings. The zero-order valence-corrected chi connectivity index (χ0v) is 32.6. The number of aryl methyl sites for hydroxylation is 1. The molecule has 300 valence electrons. The summed E-state index contributed by atoms with van der Waals surface area (Å²) in [7, 11) is -2.33. The quantitative estimate of drug-likeness (QED) is 0.346. The number of benzene rings is 1. The molecule has 17 heteroatoms. The normalized spacial score (nSPS) is 29.7. The third kappa shape index (κ3) is 8.52.